The van der Waals surface area contributed by atoms with Crippen LogP contribution in [0.25, 0.3) is 0 Å². The molecule has 0 N–H and O–H groups in total. The average Bonchev–Trinajstić information content (AvgIpc) is 2.58. The van der Waals surface area contributed by atoms with Gasteiger partial charge in [0, 0.05) is 24.3 Å². The molecule has 1 atom stereocenters. The van der Waals surface area contributed by atoms with Gasteiger partial charge in [-0.1, -0.05) is 81.4 Å². The van der Waals surface area contributed by atoms with Gasteiger partial charge in [0.05, 0.1) is 0 Å². The Morgan fingerprint density at radius 1 is 0.875 bits per heavy atom. The molecule has 2 heteroatoms. The first-order chi connectivity index (χ1) is 11.4. The molecule has 1 unspecified atom stereocenters. The Hall–Kier alpha value is -2.22. The SMILES string of the molecule is CC(C)(C)CCC(=O)C(CC(=O)c1ccccc1)c1ccccc1. The van der Waals surface area contributed by atoms with Gasteiger partial charge in [0.25, 0.3) is 0 Å². The largest absolute Gasteiger partial charge is 0.299 e. The number of rotatable bonds is 7. The van der Waals surface area contributed by atoms with Gasteiger partial charge in [-0.05, 0) is 17.4 Å². The summed E-state index contributed by atoms with van der Waals surface area (Å²) in [5, 5.41) is 0. The minimum absolute atomic E-state index is 0.0218. The Bertz CT molecular complexity index is 666. The van der Waals surface area contributed by atoms with Gasteiger partial charge in [0.15, 0.2) is 5.78 Å². The van der Waals surface area contributed by atoms with E-state index in [0.29, 0.717) is 12.0 Å². The Labute approximate surface area is 144 Å². The van der Waals surface area contributed by atoms with Crippen molar-refractivity contribution in [3.8, 4) is 0 Å². The van der Waals surface area contributed by atoms with E-state index in [1.54, 1.807) is 0 Å². The van der Waals surface area contributed by atoms with E-state index in [1.165, 1.54) is 0 Å². The average molecular weight is 322 g/mol. The molecule has 0 fully saturated rings. The Balaban J connectivity index is 2.17. The summed E-state index contributed by atoms with van der Waals surface area (Å²) in [7, 11) is 0. The van der Waals surface area contributed by atoms with Crippen molar-refractivity contribution in [2.45, 2.75) is 46.0 Å². The van der Waals surface area contributed by atoms with Crippen LogP contribution in [0.2, 0.25) is 0 Å². The van der Waals surface area contributed by atoms with Gasteiger partial charge in [0.1, 0.15) is 5.78 Å². The number of carbonyl (C=O) groups is 2. The molecule has 2 aromatic rings. The zero-order valence-corrected chi connectivity index (χ0v) is 14.8. The second-order valence-electron chi connectivity index (χ2n) is 7.48. The number of benzene rings is 2. The molecule has 0 bridgehead atoms. The van der Waals surface area contributed by atoms with Crippen LogP contribution in [0.15, 0.2) is 60.7 Å². The molecule has 0 radical (unpaired) electrons. The molecule has 2 aromatic carbocycles. The fraction of sp³-hybridized carbons (Fsp3) is 0.364. The van der Waals surface area contributed by atoms with E-state index < -0.39 is 0 Å². The fourth-order valence-corrected chi connectivity index (χ4v) is 2.70. The highest BCUT2D eigenvalue weighted by Gasteiger charge is 2.25. The van der Waals surface area contributed by atoms with E-state index in [4.69, 9.17) is 0 Å². The number of Topliss-reactive ketones (excluding diaryl/α,β-unsaturated/α-hetero) is 2. The minimum atomic E-state index is -0.360. The molecule has 0 spiro atoms. The Kier molecular flexibility index (Phi) is 6.08. The summed E-state index contributed by atoms with van der Waals surface area (Å²) < 4.78 is 0. The second-order valence-corrected chi connectivity index (χ2v) is 7.48. The van der Waals surface area contributed by atoms with Gasteiger partial charge >= 0.3 is 0 Å². The third kappa shape index (κ3) is 5.45. The fourth-order valence-electron chi connectivity index (χ4n) is 2.70. The van der Waals surface area contributed by atoms with E-state index in [-0.39, 0.29) is 29.3 Å². The molecule has 2 nitrogen and oxygen atoms in total. The molecule has 0 saturated carbocycles. The smallest absolute Gasteiger partial charge is 0.163 e. The van der Waals surface area contributed by atoms with Crippen LogP contribution in [0.5, 0.6) is 0 Å². The molecule has 0 heterocycles. The number of carbonyl (C=O) groups excluding carboxylic acids is 2. The molecule has 0 aliphatic carbocycles. The summed E-state index contributed by atoms with van der Waals surface area (Å²) in [6.45, 7) is 6.40. The summed E-state index contributed by atoms with van der Waals surface area (Å²) in [5.74, 6) is -0.185. The lowest BCUT2D eigenvalue weighted by molar-refractivity contribution is -0.121. The van der Waals surface area contributed by atoms with Crippen LogP contribution in [-0.2, 0) is 4.79 Å². The van der Waals surface area contributed by atoms with Crippen LogP contribution >= 0.6 is 0 Å². The molecule has 126 valence electrons. The topological polar surface area (TPSA) is 34.1 Å². The first-order valence-corrected chi connectivity index (χ1v) is 8.53. The lowest BCUT2D eigenvalue weighted by atomic mass is 9.83. The number of ketones is 2. The van der Waals surface area contributed by atoms with Crippen LogP contribution in [-0.4, -0.2) is 11.6 Å². The molecule has 2 rings (SSSR count). The van der Waals surface area contributed by atoms with Gasteiger partial charge < -0.3 is 0 Å². The predicted octanol–water partition coefficient (Wildman–Crippen LogP) is 5.44. The lowest BCUT2D eigenvalue weighted by Crippen LogP contribution is -2.19. The molecule has 0 aromatic heterocycles. The summed E-state index contributed by atoms with van der Waals surface area (Å²) >= 11 is 0. The summed E-state index contributed by atoms with van der Waals surface area (Å²) in [5.41, 5.74) is 1.71. The maximum absolute atomic E-state index is 12.8. The van der Waals surface area contributed by atoms with Gasteiger partial charge in [-0.2, -0.15) is 0 Å². The van der Waals surface area contributed by atoms with E-state index in [1.807, 2.05) is 60.7 Å². The number of hydrogen-bond donors (Lipinski definition) is 0. The maximum Gasteiger partial charge on any atom is 0.163 e. The minimum Gasteiger partial charge on any atom is -0.299 e. The third-order valence-electron chi connectivity index (χ3n) is 4.20. The van der Waals surface area contributed by atoms with Crippen LogP contribution in [0.4, 0.5) is 0 Å². The second kappa shape index (κ2) is 8.05. The van der Waals surface area contributed by atoms with Crippen LogP contribution in [0, 0.1) is 5.41 Å². The lowest BCUT2D eigenvalue weighted by Gasteiger charge is -2.20. The van der Waals surface area contributed by atoms with Crippen molar-refractivity contribution in [1.29, 1.82) is 0 Å². The van der Waals surface area contributed by atoms with Gasteiger partial charge in [0.2, 0.25) is 0 Å². The normalized spacial score (nSPS) is 12.6. The van der Waals surface area contributed by atoms with Gasteiger partial charge in [-0.3, -0.25) is 9.59 Å². The highest BCUT2D eigenvalue weighted by atomic mass is 16.1. The van der Waals surface area contributed by atoms with Crippen molar-refractivity contribution >= 4 is 11.6 Å². The zero-order valence-electron chi connectivity index (χ0n) is 14.8. The number of hydrogen-bond acceptors (Lipinski definition) is 2. The molecule has 0 aliphatic rings. The highest BCUT2D eigenvalue weighted by molar-refractivity contribution is 6.00. The van der Waals surface area contributed by atoms with Gasteiger partial charge in [-0.25, -0.2) is 0 Å². The molecular weight excluding hydrogens is 296 g/mol. The van der Waals surface area contributed by atoms with Crippen molar-refractivity contribution in [3.05, 3.63) is 71.8 Å². The van der Waals surface area contributed by atoms with E-state index in [0.717, 1.165) is 12.0 Å². The zero-order chi connectivity index (χ0) is 17.6. The van der Waals surface area contributed by atoms with Crippen molar-refractivity contribution in [2.75, 3.05) is 0 Å². The van der Waals surface area contributed by atoms with Crippen molar-refractivity contribution in [3.63, 3.8) is 0 Å². The molecule has 0 aliphatic heterocycles. The standard InChI is InChI=1S/C22H26O2/c1-22(2,3)15-14-20(23)19(17-10-6-4-7-11-17)16-21(24)18-12-8-5-9-13-18/h4-13,19H,14-16H2,1-3H3. The highest BCUT2D eigenvalue weighted by Crippen LogP contribution is 2.28. The van der Waals surface area contributed by atoms with E-state index >= 15 is 0 Å². The van der Waals surface area contributed by atoms with Crippen LogP contribution < -0.4 is 0 Å². The first kappa shape index (κ1) is 18.1. The van der Waals surface area contributed by atoms with E-state index in [2.05, 4.69) is 20.8 Å². The van der Waals surface area contributed by atoms with Crippen molar-refractivity contribution < 1.29 is 9.59 Å². The van der Waals surface area contributed by atoms with Crippen LogP contribution in [0.3, 0.4) is 0 Å². The molecule has 0 saturated heterocycles. The molecule has 0 amide bonds. The molecule has 24 heavy (non-hydrogen) atoms. The van der Waals surface area contributed by atoms with Crippen LogP contribution in [0.1, 0.15) is 61.9 Å². The quantitative estimate of drug-likeness (QED) is 0.636. The Morgan fingerprint density at radius 2 is 1.42 bits per heavy atom. The monoisotopic (exact) mass is 322 g/mol. The Morgan fingerprint density at radius 3 is 1.96 bits per heavy atom. The third-order valence-corrected chi connectivity index (χ3v) is 4.20. The van der Waals surface area contributed by atoms with E-state index in [9.17, 15) is 9.59 Å². The van der Waals surface area contributed by atoms with Gasteiger partial charge in [-0.15, -0.1) is 0 Å². The summed E-state index contributed by atoms with van der Waals surface area (Å²) in [4.78, 5) is 25.4. The first-order valence-electron chi connectivity index (χ1n) is 8.53. The molecular formula is C22H26O2. The van der Waals surface area contributed by atoms with Crippen molar-refractivity contribution in [2.24, 2.45) is 5.41 Å². The summed E-state index contributed by atoms with van der Waals surface area (Å²) in [6, 6.07) is 18.9. The predicted molar refractivity (Wildman–Crippen MR) is 98.3 cm³/mol. The van der Waals surface area contributed by atoms with Crippen molar-refractivity contribution in [1.82, 2.24) is 0 Å². The maximum atomic E-state index is 12.8. The summed E-state index contributed by atoms with van der Waals surface area (Å²) in [6.07, 6.45) is 1.57.